The van der Waals surface area contributed by atoms with Gasteiger partial charge in [0, 0.05) is 17.3 Å². The minimum atomic E-state index is 0.634. The second-order valence-electron chi connectivity index (χ2n) is 2.67. The lowest BCUT2D eigenvalue weighted by atomic mass is 10.5. The fourth-order valence-electron chi connectivity index (χ4n) is 1.12. The van der Waals surface area contributed by atoms with E-state index >= 15 is 0 Å². The maximum atomic E-state index is 10.6. The lowest BCUT2D eigenvalue weighted by Gasteiger charge is -1.97. The maximum absolute atomic E-state index is 10.6. The highest BCUT2D eigenvalue weighted by atomic mass is 32.1. The number of carbonyl (C=O) groups is 1. The monoisotopic (exact) mass is 192 g/mol. The molecule has 0 bridgehead atoms. The van der Waals surface area contributed by atoms with Gasteiger partial charge in [0.05, 0.1) is 5.69 Å². The molecule has 0 fully saturated rings. The Kier molecular flexibility index (Phi) is 1.98. The molecule has 66 valence electrons. The Labute approximate surface area is 79.7 Å². The van der Waals surface area contributed by atoms with E-state index in [1.54, 1.807) is 28.2 Å². The summed E-state index contributed by atoms with van der Waals surface area (Å²) in [5, 5.41) is 0.838. The number of aryl methyl sites for hydroxylation is 1. The molecule has 0 N–H and O–H groups in total. The van der Waals surface area contributed by atoms with Gasteiger partial charge >= 0.3 is 0 Å². The summed E-state index contributed by atoms with van der Waals surface area (Å²) in [6.45, 7) is 1.99. The first kappa shape index (κ1) is 8.19. The molecular weight excluding hydrogens is 184 g/mol. The summed E-state index contributed by atoms with van der Waals surface area (Å²) in [7, 11) is 0. The highest BCUT2D eigenvalue weighted by Crippen LogP contribution is 2.17. The van der Waals surface area contributed by atoms with E-state index in [1.807, 2.05) is 19.2 Å². The summed E-state index contributed by atoms with van der Waals surface area (Å²) >= 11 is 1.57. The molecule has 0 aromatic carbocycles. The Balaban J connectivity index is 2.51. The average molecular weight is 192 g/mol. The Hall–Kier alpha value is -1.42. The molecule has 0 radical (unpaired) electrons. The fourth-order valence-corrected chi connectivity index (χ4v) is 1.88. The molecular formula is C9H8N2OS. The topological polar surface area (TPSA) is 34.9 Å². The summed E-state index contributed by atoms with van der Waals surface area (Å²) in [5.41, 5.74) is 0.634. The van der Waals surface area contributed by atoms with Crippen molar-refractivity contribution >= 4 is 17.6 Å². The van der Waals surface area contributed by atoms with Crippen LogP contribution in [0.4, 0.5) is 0 Å². The van der Waals surface area contributed by atoms with Crippen molar-refractivity contribution in [3.05, 3.63) is 35.1 Å². The van der Waals surface area contributed by atoms with Gasteiger partial charge in [0.2, 0.25) is 0 Å². The van der Waals surface area contributed by atoms with Crippen LogP contribution in [0.25, 0.3) is 5.13 Å². The van der Waals surface area contributed by atoms with Crippen molar-refractivity contribution in [2.75, 3.05) is 0 Å². The quantitative estimate of drug-likeness (QED) is 0.682. The Morgan fingerprint density at radius 3 is 3.08 bits per heavy atom. The maximum Gasteiger partial charge on any atom is 0.194 e. The van der Waals surface area contributed by atoms with E-state index < -0.39 is 0 Å². The van der Waals surface area contributed by atoms with Crippen molar-refractivity contribution in [2.24, 2.45) is 0 Å². The van der Waals surface area contributed by atoms with E-state index in [9.17, 15) is 4.79 Å². The second-order valence-corrected chi connectivity index (χ2v) is 3.89. The highest BCUT2D eigenvalue weighted by Gasteiger charge is 2.04. The molecule has 0 atom stereocenters. The minimum absolute atomic E-state index is 0.634. The summed E-state index contributed by atoms with van der Waals surface area (Å²) < 4.78 is 1.78. The molecule has 0 spiro atoms. The van der Waals surface area contributed by atoms with Gasteiger partial charge in [-0.2, -0.15) is 0 Å². The standard InChI is InChI=1S/C9H8N2OS/c1-7-5-10-9(13-7)11-4-2-3-8(11)6-12/h2-6H,1H3. The van der Waals surface area contributed by atoms with Crippen molar-refractivity contribution in [1.29, 1.82) is 0 Å². The van der Waals surface area contributed by atoms with Crippen LogP contribution in [0.15, 0.2) is 24.5 Å². The van der Waals surface area contributed by atoms with Crippen LogP contribution in [0.1, 0.15) is 15.4 Å². The van der Waals surface area contributed by atoms with Crippen molar-refractivity contribution in [1.82, 2.24) is 9.55 Å². The zero-order valence-electron chi connectivity index (χ0n) is 7.10. The van der Waals surface area contributed by atoms with Gasteiger partial charge in [-0.25, -0.2) is 4.98 Å². The van der Waals surface area contributed by atoms with Gasteiger partial charge in [-0.15, -0.1) is 11.3 Å². The highest BCUT2D eigenvalue weighted by molar-refractivity contribution is 7.14. The number of carbonyl (C=O) groups excluding carboxylic acids is 1. The Morgan fingerprint density at radius 2 is 2.46 bits per heavy atom. The molecule has 0 unspecified atom stereocenters. The van der Waals surface area contributed by atoms with E-state index in [2.05, 4.69) is 4.98 Å². The third kappa shape index (κ3) is 1.40. The van der Waals surface area contributed by atoms with Gasteiger partial charge in [0.25, 0.3) is 0 Å². The number of hydrogen-bond acceptors (Lipinski definition) is 3. The van der Waals surface area contributed by atoms with Crippen LogP contribution in [0.3, 0.4) is 0 Å². The molecule has 0 amide bonds. The van der Waals surface area contributed by atoms with Crippen LogP contribution in [0, 0.1) is 6.92 Å². The normalized spacial score (nSPS) is 10.2. The number of rotatable bonds is 2. The van der Waals surface area contributed by atoms with Crippen molar-refractivity contribution in [3.8, 4) is 5.13 Å². The third-order valence-corrected chi connectivity index (χ3v) is 2.63. The lowest BCUT2D eigenvalue weighted by Crippen LogP contribution is -1.95. The SMILES string of the molecule is Cc1cnc(-n2cccc2C=O)s1. The lowest BCUT2D eigenvalue weighted by molar-refractivity contribution is 0.111. The number of aldehydes is 1. The van der Waals surface area contributed by atoms with Crippen molar-refractivity contribution in [2.45, 2.75) is 6.92 Å². The van der Waals surface area contributed by atoms with Crippen LogP contribution < -0.4 is 0 Å². The molecule has 0 aliphatic heterocycles. The predicted molar refractivity (Wildman–Crippen MR) is 51.6 cm³/mol. The Morgan fingerprint density at radius 1 is 1.62 bits per heavy atom. The molecule has 4 heteroatoms. The van der Waals surface area contributed by atoms with E-state index in [0.717, 1.165) is 16.3 Å². The molecule has 2 rings (SSSR count). The zero-order chi connectivity index (χ0) is 9.26. The zero-order valence-corrected chi connectivity index (χ0v) is 7.91. The molecule has 2 heterocycles. The van der Waals surface area contributed by atoms with Crippen LogP contribution in [0.5, 0.6) is 0 Å². The van der Waals surface area contributed by atoms with E-state index in [-0.39, 0.29) is 0 Å². The second kappa shape index (κ2) is 3.14. The predicted octanol–water partition coefficient (Wildman–Crippen LogP) is 2.05. The van der Waals surface area contributed by atoms with E-state index in [1.165, 1.54) is 0 Å². The van der Waals surface area contributed by atoms with Gasteiger partial charge in [0.15, 0.2) is 11.4 Å². The van der Waals surface area contributed by atoms with Crippen LogP contribution in [-0.2, 0) is 0 Å². The largest absolute Gasteiger partial charge is 0.296 e. The number of thiazole rings is 1. The van der Waals surface area contributed by atoms with Gasteiger partial charge in [-0.05, 0) is 19.1 Å². The summed E-state index contributed by atoms with van der Waals surface area (Å²) in [4.78, 5) is 16.0. The third-order valence-electron chi connectivity index (χ3n) is 1.72. The van der Waals surface area contributed by atoms with Crippen LogP contribution in [-0.4, -0.2) is 15.8 Å². The molecule has 0 saturated carbocycles. The number of hydrogen-bond donors (Lipinski definition) is 0. The van der Waals surface area contributed by atoms with Gasteiger partial charge in [0.1, 0.15) is 0 Å². The van der Waals surface area contributed by atoms with Gasteiger partial charge in [-0.3, -0.25) is 9.36 Å². The summed E-state index contributed by atoms with van der Waals surface area (Å²) in [6, 6.07) is 3.60. The van der Waals surface area contributed by atoms with Gasteiger partial charge in [-0.1, -0.05) is 0 Å². The first-order valence-corrected chi connectivity index (χ1v) is 4.68. The first-order valence-electron chi connectivity index (χ1n) is 3.86. The van der Waals surface area contributed by atoms with E-state index in [4.69, 9.17) is 0 Å². The smallest absolute Gasteiger partial charge is 0.194 e. The first-order chi connectivity index (χ1) is 6.31. The molecule has 2 aromatic rings. The van der Waals surface area contributed by atoms with Crippen LogP contribution in [0.2, 0.25) is 0 Å². The minimum Gasteiger partial charge on any atom is -0.296 e. The van der Waals surface area contributed by atoms with Crippen LogP contribution >= 0.6 is 11.3 Å². The number of aromatic nitrogens is 2. The van der Waals surface area contributed by atoms with Crippen molar-refractivity contribution in [3.63, 3.8) is 0 Å². The average Bonchev–Trinajstić information content (AvgIpc) is 2.71. The molecule has 0 aliphatic carbocycles. The van der Waals surface area contributed by atoms with Crippen molar-refractivity contribution < 1.29 is 4.79 Å². The molecule has 2 aromatic heterocycles. The fraction of sp³-hybridized carbons (Fsp3) is 0.111. The molecule has 13 heavy (non-hydrogen) atoms. The van der Waals surface area contributed by atoms with E-state index in [0.29, 0.717) is 5.69 Å². The number of nitrogens with zero attached hydrogens (tertiary/aromatic N) is 2. The summed E-state index contributed by atoms with van der Waals surface area (Å²) in [5.74, 6) is 0. The molecule has 0 aliphatic rings. The molecule has 0 saturated heterocycles. The Bertz CT molecular complexity index is 430. The molecule has 3 nitrogen and oxygen atoms in total. The summed E-state index contributed by atoms with van der Waals surface area (Å²) in [6.07, 6.45) is 4.47. The van der Waals surface area contributed by atoms with Gasteiger partial charge < -0.3 is 0 Å².